The van der Waals surface area contributed by atoms with E-state index in [1.54, 1.807) is 0 Å². The normalized spacial score (nSPS) is 9.80. The maximum Gasteiger partial charge on any atom is 0.257 e. The Hall–Kier alpha value is -0.390. The van der Waals surface area contributed by atoms with E-state index >= 15 is 0 Å². The van der Waals surface area contributed by atoms with Crippen LogP contribution < -0.4 is 15.4 Å². The van der Waals surface area contributed by atoms with Crippen LogP contribution in [0.25, 0.3) is 0 Å². The van der Waals surface area contributed by atoms with Gasteiger partial charge in [0.05, 0.1) is 15.1 Å². The second kappa shape index (κ2) is 10.4. The van der Waals surface area contributed by atoms with Crippen LogP contribution in [0.5, 0.6) is 5.75 Å². The molecule has 2 N–H and O–H groups in total. The molecule has 0 aromatic heterocycles. The van der Waals surface area contributed by atoms with E-state index in [1.165, 1.54) is 12.1 Å². The fourth-order valence-corrected chi connectivity index (χ4v) is 1.89. The lowest BCUT2D eigenvalue weighted by Gasteiger charge is -2.09. The van der Waals surface area contributed by atoms with Crippen molar-refractivity contribution in [2.24, 2.45) is 0 Å². The smallest absolute Gasteiger partial charge is 0.257 e. The minimum Gasteiger partial charge on any atom is -0.482 e. The van der Waals surface area contributed by atoms with Gasteiger partial charge in [-0.25, -0.2) is 0 Å². The molecule has 4 nitrogen and oxygen atoms in total. The number of halogens is 4. The van der Waals surface area contributed by atoms with Crippen molar-refractivity contribution in [1.29, 1.82) is 0 Å². The highest BCUT2D eigenvalue weighted by Gasteiger charge is 2.09. The fourth-order valence-electron chi connectivity index (χ4n) is 1.30. The number of benzene rings is 1. The van der Waals surface area contributed by atoms with Crippen LogP contribution in [0, 0.1) is 0 Å². The third-order valence-corrected chi connectivity index (χ3v) is 3.28. The number of amides is 1. The van der Waals surface area contributed by atoms with E-state index in [0.29, 0.717) is 27.4 Å². The third kappa shape index (κ3) is 6.86. The molecule has 1 aromatic rings. The molecule has 0 aliphatic rings. The summed E-state index contributed by atoms with van der Waals surface area (Å²) in [5.74, 6) is 0.125. The first-order valence-corrected chi connectivity index (χ1v) is 6.86. The largest absolute Gasteiger partial charge is 0.482 e. The average Bonchev–Trinajstić information content (AvgIpc) is 2.37. The SMILES string of the molecule is CNCCCNC(=O)COc1cc(Cl)c(Cl)cc1Cl.Cl. The number of ether oxygens (including phenoxy) is 1. The molecule has 0 unspecified atom stereocenters. The van der Waals surface area contributed by atoms with Crippen molar-refractivity contribution in [2.75, 3.05) is 26.7 Å². The van der Waals surface area contributed by atoms with Crippen LogP contribution in [0.4, 0.5) is 0 Å². The van der Waals surface area contributed by atoms with Crippen LogP contribution >= 0.6 is 47.2 Å². The van der Waals surface area contributed by atoms with Crippen LogP contribution in [0.1, 0.15) is 6.42 Å². The Kier molecular flexibility index (Phi) is 10.2. The highest BCUT2D eigenvalue weighted by atomic mass is 35.5. The molecule has 0 aliphatic heterocycles. The molecule has 0 fully saturated rings. The lowest BCUT2D eigenvalue weighted by Crippen LogP contribution is -2.31. The Labute approximate surface area is 139 Å². The topological polar surface area (TPSA) is 50.4 Å². The standard InChI is InChI=1S/C12H15Cl3N2O2.ClH/c1-16-3-2-4-17-12(18)7-19-11-6-9(14)8(13)5-10(11)15;/h5-6,16H,2-4,7H2,1H3,(H,17,18);1H. The molecule has 0 heterocycles. The van der Waals surface area contributed by atoms with Crippen molar-refractivity contribution in [2.45, 2.75) is 6.42 Å². The lowest BCUT2D eigenvalue weighted by molar-refractivity contribution is -0.123. The number of carbonyl (C=O) groups is 1. The van der Waals surface area contributed by atoms with E-state index < -0.39 is 0 Å². The maximum atomic E-state index is 11.5. The first kappa shape index (κ1) is 19.6. The predicted molar refractivity (Wildman–Crippen MR) is 85.8 cm³/mol. The fraction of sp³-hybridized carbons (Fsp3) is 0.417. The Morgan fingerprint density at radius 1 is 1.15 bits per heavy atom. The van der Waals surface area contributed by atoms with E-state index in [9.17, 15) is 4.79 Å². The van der Waals surface area contributed by atoms with E-state index in [4.69, 9.17) is 39.5 Å². The van der Waals surface area contributed by atoms with Gasteiger partial charge in [0.15, 0.2) is 6.61 Å². The quantitative estimate of drug-likeness (QED) is 0.579. The number of rotatable bonds is 7. The molecule has 1 rings (SSSR count). The van der Waals surface area contributed by atoms with Gasteiger partial charge in [-0.1, -0.05) is 34.8 Å². The second-order valence-electron chi connectivity index (χ2n) is 3.79. The first-order chi connectivity index (χ1) is 9.04. The maximum absolute atomic E-state index is 11.5. The third-order valence-electron chi connectivity index (χ3n) is 2.26. The summed E-state index contributed by atoms with van der Waals surface area (Å²) in [7, 11) is 1.86. The summed E-state index contributed by atoms with van der Waals surface area (Å²) in [5.41, 5.74) is 0. The summed E-state index contributed by atoms with van der Waals surface area (Å²) < 4.78 is 5.29. The molecule has 1 aromatic carbocycles. The molecule has 8 heteroatoms. The van der Waals surface area contributed by atoms with E-state index in [-0.39, 0.29) is 24.9 Å². The number of hydrogen-bond acceptors (Lipinski definition) is 3. The number of carbonyl (C=O) groups excluding carboxylic acids is 1. The van der Waals surface area contributed by atoms with Crippen molar-refractivity contribution in [3.05, 3.63) is 27.2 Å². The van der Waals surface area contributed by atoms with Gasteiger partial charge in [-0.3, -0.25) is 4.79 Å². The Bertz CT molecular complexity index is 444. The average molecular weight is 362 g/mol. The Balaban J connectivity index is 0.00000361. The van der Waals surface area contributed by atoms with Crippen molar-refractivity contribution < 1.29 is 9.53 Å². The van der Waals surface area contributed by atoms with Crippen LogP contribution in [0.15, 0.2) is 12.1 Å². The molecule has 0 spiro atoms. The molecule has 0 radical (unpaired) electrons. The van der Waals surface area contributed by atoms with Crippen molar-refractivity contribution in [1.82, 2.24) is 10.6 Å². The zero-order valence-electron chi connectivity index (χ0n) is 10.8. The van der Waals surface area contributed by atoms with Gasteiger partial charge in [-0.15, -0.1) is 12.4 Å². The summed E-state index contributed by atoms with van der Waals surface area (Å²) in [6.07, 6.45) is 0.857. The molecular formula is C12H16Cl4N2O2. The highest BCUT2D eigenvalue weighted by Crippen LogP contribution is 2.33. The number of nitrogens with one attached hydrogen (secondary N) is 2. The van der Waals surface area contributed by atoms with Gasteiger partial charge in [0.1, 0.15) is 5.75 Å². The number of hydrogen-bond donors (Lipinski definition) is 2. The van der Waals surface area contributed by atoms with Crippen molar-refractivity contribution in [3.63, 3.8) is 0 Å². The highest BCUT2D eigenvalue weighted by molar-refractivity contribution is 6.43. The predicted octanol–water partition coefficient (Wildman–Crippen LogP) is 3.17. The minimum absolute atomic E-state index is 0. The molecule has 0 saturated heterocycles. The first-order valence-electron chi connectivity index (χ1n) is 5.73. The zero-order chi connectivity index (χ0) is 14.3. The zero-order valence-corrected chi connectivity index (χ0v) is 13.9. The van der Waals surface area contributed by atoms with Gasteiger partial charge in [0.25, 0.3) is 5.91 Å². The van der Waals surface area contributed by atoms with Crippen LogP contribution in [-0.4, -0.2) is 32.7 Å². The van der Waals surface area contributed by atoms with Crippen molar-refractivity contribution >= 4 is 53.1 Å². The molecule has 0 bridgehead atoms. The minimum atomic E-state index is -0.210. The van der Waals surface area contributed by atoms with Gasteiger partial charge in [0.2, 0.25) is 0 Å². The summed E-state index contributed by atoms with van der Waals surface area (Å²) in [4.78, 5) is 11.5. The van der Waals surface area contributed by atoms with Crippen molar-refractivity contribution in [3.8, 4) is 5.75 Å². The van der Waals surface area contributed by atoms with E-state index in [0.717, 1.165) is 13.0 Å². The summed E-state index contributed by atoms with van der Waals surface area (Å²) in [6.45, 7) is 1.33. The molecular weight excluding hydrogens is 346 g/mol. The Morgan fingerprint density at radius 2 is 1.80 bits per heavy atom. The molecule has 114 valence electrons. The monoisotopic (exact) mass is 360 g/mol. The van der Waals surface area contributed by atoms with E-state index in [1.807, 2.05) is 7.05 Å². The second-order valence-corrected chi connectivity index (χ2v) is 5.01. The van der Waals surface area contributed by atoms with Gasteiger partial charge < -0.3 is 15.4 Å². The lowest BCUT2D eigenvalue weighted by atomic mass is 10.3. The van der Waals surface area contributed by atoms with Gasteiger partial charge in [0, 0.05) is 12.6 Å². The summed E-state index contributed by atoms with van der Waals surface area (Å²) in [6, 6.07) is 2.96. The van der Waals surface area contributed by atoms with Crippen LogP contribution in [0.3, 0.4) is 0 Å². The molecule has 20 heavy (non-hydrogen) atoms. The molecule has 1 amide bonds. The van der Waals surface area contributed by atoms with Gasteiger partial charge >= 0.3 is 0 Å². The summed E-state index contributed by atoms with van der Waals surface area (Å²) in [5, 5.41) is 6.71. The molecule has 0 aliphatic carbocycles. The van der Waals surface area contributed by atoms with Gasteiger partial charge in [-0.2, -0.15) is 0 Å². The van der Waals surface area contributed by atoms with Crippen LogP contribution in [-0.2, 0) is 4.79 Å². The summed E-state index contributed by atoms with van der Waals surface area (Å²) >= 11 is 17.6. The Morgan fingerprint density at radius 3 is 2.45 bits per heavy atom. The molecule has 0 saturated carbocycles. The van der Waals surface area contributed by atoms with E-state index in [2.05, 4.69) is 10.6 Å². The molecule has 0 atom stereocenters. The van der Waals surface area contributed by atoms with Crippen LogP contribution in [0.2, 0.25) is 15.1 Å². The van der Waals surface area contributed by atoms with Gasteiger partial charge in [-0.05, 0) is 26.1 Å².